The molecule has 0 spiro atoms. The molecule has 1 aliphatic rings. The van der Waals surface area contributed by atoms with Crippen LogP contribution in [0.3, 0.4) is 0 Å². The second-order valence-corrected chi connectivity index (χ2v) is 6.07. The number of carbonyl (C=O) groups excluding carboxylic acids is 1. The van der Waals surface area contributed by atoms with Gasteiger partial charge in [0.2, 0.25) is 5.91 Å². The van der Waals surface area contributed by atoms with Crippen LogP contribution in [0.1, 0.15) is 12.0 Å². The molecule has 2 aromatic rings. The molecule has 1 amide bonds. The van der Waals surface area contributed by atoms with Crippen molar-refractivity contribution in [2.45, 2.75) is 12.8 Å². The lowest BCUT2D eigenvalue weighted by Crippen LogP contribution is -2.37. The number of anilines is 2. The van der Waals surface area contributed by atoms with Crippen LogP contribution in [0.5, 0.6) is 5.75 Å². The van der Waals surface area contributed by atoms with E-state index in [1.165, 1.54) is 23.8 Å². The molecule has 3 rings (SSSR count). The summed E-state index contributed by atoms with van der Waals surface area (Å²) in [6.45, 7) is 0.957. The number of amides is 1. The van der Waals surface area contributed by atoms with Gasteiger partial charge in [-0.2, -0.15) is 0 Å². The first-order chi connectivity index (χ1) is 11.6. The third-order valence-corrected chi connectivity index (χ3v) is 4.35. The normalized spacial score (nSPS) is 13.4. The number of nitrogens with one attached hydrogen (secondary N) is 1. The van der Waals surface area contributed by atoms with Gasteiger partial charge in [0.1, 0.15) is 11.6 Å². The summed E-state index contributed by atoms with van der Waals surface area (Å²) in [5.41, 5.74) is 2.54. The number of hydrogen-bond acceptors (Lipinski definition) is 3. The van der Waals surface area contributed by atoms with Crippen LogP contribution in [-0.2, 0) is 11.2 Å². The van der Waals surface area contributed by atoms with E-state index >= 15 is 0 Å². The summed E-state index contributed by atoms with van der Waals surface area (Å²) in [7, 11) is 1.63. The van der Waals surface area contributed by atoms with Gasteiger partial charge in [0.15, 0.2) is 0 Å². The highest BCUT2D eigenvalue weighted by atomic mass is 35.5. The molecule has 126 valence electrons. The zero-order valence-electron chi connectivity index (χ0n) is 13.3. The number of carbonyl (C=O) groups is 1. The van der Waals surface area contributed by atoms with Gasteiger partial charge >= 0.3 is 0 Å². The quantitative estimate of drug-likeness (QED) is 0.911. The molecule has 0 saturated heterocycles. The largest absolute Gasteiger partial charge is 0.495 e. The molecule has 24 heavy (non-hydrogen) atoms. The fraction of sp³-hybridized carbons (Fsp3) is 0.278. The summed E-state index contributed by atoms with van der Waals surface area (Å²) in [5.74, 6) is 0.120. The van der Waals surface area contributed by atoms with Gasteiger partial charge in [-0.25, -0.2) is 4.39 Å². The van der Waals surface area contributed by atoms with E-state index in [2.05, 4.69) is 11.4 Å². The lowest BCUT2D eigenvalue weighted by Gasteiger charge is -2.32. The fourth-order valence-electron chi connectivity index (χ4n) is 2.98. The van der Waals surface area contributed by atoms with Gasteiger partial charge < -0.3 is 15.0 Å². The average Bonchev–Trinajstić information content (AvgIpc) is 2.57. The van der Waals surface area contributed by atoms with E-state index in [0.29, 0.717) is 5.69 Å². The van der Waals surface area contributed by atoms with Crippen molar-refractivity contribution in [2.24, 2.45) is 0 Å². The number of fused-ring (bicyclic) bond motifs is 1. The van der Waals surface area contributed by atoms with E-state index < -0.39 is 5.82 Å². The predicted octanol–water partition coefficient (Wildman–Crippen LogP) is 3.88. The zero-order valence-corrected chi connectivity index (χ0v) is 14.1. The molecule has 0 aromatic heterocycles. The molecule has 0 atom stereocenters. The molecule has 0 unspecified atom stereocenters. The number of nitrogens with zero attached hydrogens (tertiary/aromatic N) is 1. The third kappa shape index (κ3) is 3.46. The van der Waals surface area contributed by atoms with Gasteiger partial charge in [0.05, 0.1) is 30.1 Å². The summed E-state index contributed by atoms with van der Waals surface area (Å²) >= 11 is 5.96. The Morgan fingerprint density at radius 1 is 1.38 bits per heavy atom. The topological polar surface area (TPSA) is 41.6 Å². The van der Waals surface area contributed by atoms with Crippen LogP contribution in [0.15, 0.2) is 36.4 Å². The molecule has 2 aromatic carbocycles. The molecule has 4 nitrogen and oxygen atoms in total. The van der Waals surface area contributed by atoms with Crippen molar-refractivity contribution in [3.05, 3.63) is 52.8 Å². The van der Waals surface area contributed by atoms with Gasteiger partial charge in [-0.1, -0.05) is 23.7 Å². The van der Waals surface area contributed by atoms with Crippen LogP contribution >= 0.6 is 11.6 Å². The standard InChI is InChI=1S/C18H18ClFN2O2/c1-24-16-6-2-4-12-5-3-9-22(18(12)16)11-17(23)21-15-8-7-13(20)10-14(15)19/h2,4,6-8,10H,3,5,9,11H2,1H3,(H,21,23). The third-order valence-electron chi connectivity index (χ3n) is 4.03. The first-order valence-corrected chi connectivity index (χ1v) is 8.12. The second kappa shape index (κ2) is 7.09. The van der Waals surface area contributed by atoms with Crippen LogP contribution in [0.25, 0.3) is 0 Å². The minimum atomic E-state index is -0.437. The summed E-state index contributed by atoms with van der Waals surface area (Å²) in [6, 6.07) is 9.81. The molecular formula is C18H18ClFN2O2. The molecule has 0 aliphatic carbocycles. The lowest BCUT2D eigenvalue weighted by molar-refractivity contribution is -0.115. The van der Waals surface area contributed by atoms with Crippen LogP contribution < -0.4 is 15.0 Å². The molecule has 0 radical (unpaired) electrons. The summed E-state index contributed by atoms with van der Waals surface area (Å²) < 4.78 is 18.5. The van der Waals surface area contributed by atoms with Crippen LogP contribution in [0.4, 0.5) is 15.8 Å². The second-order valence-electron chi connectivity index (χ2n) is 5.67. The number of ether oxygens (including phenoxy) is 1. The molecule has 0 bridgehead atoms. The van der Waals surface area contributed by atoms with Crippen molar-refractivity contribution in [2.75, 3.05) is 30.4 Å². The lowest BCUT2D eigenvalue weighted by atomic mass is 10.0. The van der Waals surface area contributed by atoms with Gasteiger partial charge in [0, 0.05) is 6.54 Å². The number of halogens is 2. The maximum atomic E-state index is 13.1. The van der Waals surface area contributed by atoms with Crippen molar-refractivity contribution in [1.82, 2.24) is 0 Å². The van der Waals surface area contributed by atoms with Crippen LogP contribution in [-0.4, -0.2) is 26.1 Å². The summed E-state index contributed by atoms with van der Waals surface area (Å²) in [4.78, 5) is 14.4. The van der Waals surface area contributed by atoms with Crippen molar-refractivity contribution < 1.29 is 13.9 Å². The maximum absolute atomic E-state index is 13.1. The van der Waals surface area contributed by atoms with Crippen LogP contribution in [0.2, 0.25) is 5.02 Å². The first-order valence-electron chi connectivity index (χ1n) is 7.74. The minimum Gasteiger partial charge on any atom is -0.495 e. The first kappa shape index (κ1) is 16.6. The number of hydrogen-bond donors (Lipinski definition) is 1. The van der Waals surface area contributed by atoms with Gasteiger partial charge in [-0.15, -0.1) is 0 Å². The highest BCUT2D eigenvalue weighted by molar-refractivity contribution is 6.33. The summed E-state index contributed by atoms with van der Waals surface area (Å²) in [6.07, 6.45) is 1.94. The number of benzene rings is 2. The van der Waals surface area contributed by atoms with Crippen molar-refractivity contribution in [3.63, 3.8) is 0 Å². The smallest absolute Gasteiger partial charge is 0.243 e. The molecule has 0 saturated carbocycles. The SMILES string of the molecule is COc1cccc2c1N(CC(=O)Nc1ccc(F)cc1Cl)CCC2. The molecule has 6 heteroatoms. The maximum Gasteiger partial charge on any atom is 0.243 e. The number of aryl methyl sites for hydroxylation is 1. The Morgan fingerprint density at radius 3 is 2.96 bits per heavy atom. The van der Waals surface area contributed by atoms with Gasteiger partial charge in [-0.05, 0) is 42.7 Å². The highest BCUT2D eigenvalue weighted by Gasteiger charge is 2.23. The van der Waals surface area contributed by atoms with Crippen LogP contribution in [0, 0.1) is 5.82 Å². The van der Waals surface area contributed by atoms with E-state index in [0.717, 1.165) is 30.8 Å². The van der Waals surface area contributed by atoms with Crippen molar-refractivity contribution in [1.29, 1.82) is 0 Å². The van der Waals surface area contributed by atoms with Gasteiger partial charge in [0.25, 0.3) is 0 Å². The number of para-hydroxylation sites is 1. The zero-order chi connectivity index (χ0) is 17.1. The van der Waals surface area contributed by atoms with E-state index in [4.69, 9.17) is 16.3 Å². The Bertz CT molecular complexity index is 752. The minimum absolute atomic E-state index is 0.181. The average molecular weight is 349 g/mol. The Hall–Kier alpha value is -2.27. The predicted molar refractivity (Wildman–Crippen MR) is 93.6 cm³/mol. The number of rotatable bonds is 4. The molecule has 1 N–H and O–H groups in total. The molecule has 1 aliphatic heterocycles. The van der Waals surface area contributed by atoms with E-state index in [-0.39, 0.29) is 17.5 Å². The van der Waals surface area contributed by atoms with Crippen molar-refractivity contribution >= 4 is 28.9 Å². The molecule has 1 heterocycles. The Labute approximate surface area is 145 Å². The summed E-state index contributed by atoms with van der Waals surface area (Å²) in [5, 5.41) is 2.91. The monoisotopic (exact) mass is 348 g/mol. The van der Waals surface area contributed by atoms with E-state index in [9.17, 15) is 9.18 Å². The molecule has 0 fully saturated rings. The molecular weight excluding hydrogens is 331 g/mol. The van der Waals surface area contributed by atoms with Gasteiger partial charge in [-0.3, -0.25) is 4.79 Å². The highest BCUT2D eigenvalue weighted by Crippen LogP contribution is 2.36. The Kier molecular flexibility index (Phi) is 4.90. The Balaban J connectivity index is 1.76. The van der Waals surface area contributed by atoms with E-state index in [1.54, 1.807) is 7.11 Å². The fourth-order valence-corrected chi connectivity index (χ4v) is 3.19. The Morgan fingerprint density at radius 2 is 2.21 bits per heavy atom. The van der Waals surface area contributed by atoms with Crippen molar-refractivity contribution in [3.8, 4) is 5.75 Å². The van der Waals surface area contributed by atoms with E-state index in [1.807, 2.05) is 17.0 Å². The number of methoxy groups -OCH3 is 1.